The minimum atomic E-state index is 0.547. The molecule has 0 aliphatic carbocycles. The molecule has 1 N–H and O–H groups in total. The summed E-state index contributed by atoms with van der Waals surface area (Å²) in [5, 5.41) is 3.36. The molecule has 1 aliphatic rings. The molecule has 1 rings (SSSR count). The summed E-state index contributed by atoms with van der Waals surface area (Å²) in [5.74, 6) is 0. The minimum absolute atomic E-state index is 0.547. The molecule has 54 valence electrons. The van der Waals surface area contributed by atoms with Crippen molar-refractivity contribution < 1.29 is 4.74 Å². The number of hydrogen-bond donors (Lipinski definition) is 1. The molecule has 0 aromatic carbocycles. The molecule has 1 unspecified atom stereocenters. The van der Waals surface area contributed by atoms with E-state index in [-0.39, 0.29) is 0 Å². The van der Waals surface area contributed by atoms with Crippen LogP contribution in [-0.2, 0) is 4.74 Å². The second-order valence-electron chi connectivity index (χ2n) is 2.64. The average Bonchev–Trinajstić information content (AvgIpc) is 1.79. The highest BCUT2D eigenvalue weighted by Crippen LogP contribution is 1.95. The first-order valence-electron chi connectivity index (χ1n) is 3.71. The predicted octanol–water partition coefficient (Wildman–Crippen LogP) is 0.775. The zero-order valence-corrected chi connectivity index (χ0v) is 6.02. The largest absolute Gasteiger partial charge is 0.380 e. The van der Waals surface area contributed by atoms with Gasteiger partial charge in [0.15, 0.2) is 0 Å². The Morgan fingerprint density at radius 1 is 1.44 bits per heavy atom. The van der Waals surface area contributed by atoms with Crippen LogP contribution in [0.15, 0.2) is 0 Å². The highest BCUT2D eigenvalue weighted by atomic mass is 16.5. The van der Waals surface area contributed by atoms with E-state index in [9.17, 15) is 0 Å². The van der Waals surface area contributed by atoms with Crippen LogP contribution in [0.2, 0.25) is 0 Å². The van der Waals surface area contributed by atoms with E-state index in [4.69, 9.17) is 4.74 Å². The molecule has 1 atom stereocenters. The molecule has 2 nitrogen and oxygen atoms in total. The van der Waals surface area contributed by atoms with Gasteiger partial charge in [-0.25, -0.2) is 0 Å². The van der Waals surface area contributed by atoms with Gasteiger partial charge in [0.1, 0.15) is 0 Å². The molecule has 0 spiro atoms. The Balaban J connectivity index is 2.12. The maximum absolute atomic E-state index is 5.32. The van der Waals surface area contributed by atoms with E-state index in [1.807, 2.05) is 0 Å². The highest BCUT2D eigenvalue weighted by Gasteiger charge is 2.03. The Bertz CT molecular complexity index is 67.3. The molecule has 0 amide bonds. The third kappa shape index (κ3) is 2.82. The molecular formula is C7H15NO. The summed E-state index contributed by atoms with van der Waals surface area (Å²) in [6, 6.07) is 0.547. The Kier molecular flexibility index (Phi) is 3.01. The highest BCUT2D eigenvalue weighted by molar-refractivity contribution is 4.61. The van der Waals surface area contributed by atoms with E-state index in [1.54, 1.807) is 0 Å². The Morgan fingerprint density at radius 2 is 2.33 bits per heavy atom. The lowest BCUT2D eigenvalue weighted by Gasteiger charge is -2.17. The van der Waals surface area contributed by atoms with Gasteiger partial charge in [-0.3, -0.25) is 0 Å². The van der Waals surface area contributed by atoms with Crippen LogP contribution in [0, 0.1) is 0 Å². The summed E-state index contributed by atoms with van der Waals surface area (Å²) < 4.78 is 5.32. The van der Waals surface area contributed by atoms with Gasteiger partial charge < -0.3 is 10.1 Å². The summed E-state index contributed by atoms with van der Waals surface area (Å²) >= 11 is 0. The van der Waals surface area contributed by atoms with E-state index in [2.05, 4.69) is 12.2 Å². The predicted molar refractivity (Wildman–Crippen MR) is 37.5 cm³/mol. The zero-order valence-electron chi connectivity index (χ0n) is 6.02. The quantitative estimate of drug-likeness (QED) is 0.521. The molecular weight excluding hydrogens is 114 g/mol. The third-order valence-corrected chi connectivity index (χ3v) is 1.58. The zero-order chi connectivity index (χ0) is 6.53. The summed E-state index contributed by atoms with van der Waals surface area (Å²) in [6.45, 7) is 5.14. The first-order chi connectivity index (χ1) is 4.39. The number of hydrogen-bond acceptors (Lipinski definition) is 2. The number of rotatable bonds is 0. The van der Waals surface area contributed by atoms with Gasteiger partial charge in [0.05, 0.1) is 6.61 Å². The molecule has 0 bridgehead atoms. The van der Waals surface area contributed by atoms with Gasteiger partial charge in [0, 0.05) is 12.6 Å². The first-order valence-corrected chi connectivity index (χ1v) is 3.71. The lowest BCUT2D eigenvalue weighted by molar-refractivity contribution is 0.102. The van der Waals surface area contributed by atoms with Crippen molar-refractivity contribution in [1.29, 1.82) is 0 Å². The van der Waals surface area contributed by atoms with Crippen LogP contribution in [0.3, 0.4) is 0 Å². The maximum Gasteiger partial charge on any atom is 0.0616 e. The van der Waals surface area contributed by atoms with Crippen molar-refractivity contribution in [3.8, 4) is 0 Å². The molecule has 1 aliphatic heterocycles. The smallest absolute Gasteiger partial charge is 0.0616 e. The van der Waals surface area contributed by atoms with E-state index < -0.39 is 0 Å². The van der Waals surface area contributed by atoms with Crippen LogP contribution in [0.4, 0.5) is 0 Å². The Hall–Kier alpha value is -0.0800. The summed E-state index contributed by atoms with van der Waals surface area (Å²) in [4.78, 5) is 0. The molecule has 0 saturated carbocycles. The molecule has 0 aromatic heterocycles. The van der Waals surface area contributed by atoms with Crippen molar-refractivity contribution in [2.45, 2.75) is 25.8 Å². The van der Waals surface area contributed by atoms with Crippen molar-refractivity contribution in [3.63, 3.8) is 0 Å². The van der Waals surface area contributed by atoms with Crippen LogP contribution in [0.1, 0.15) is 19.8 Å². The fourth-order valence-electron chi connectivity index (χ4n) is 0.997. The fourth-order valence-corrected chi connectivity index (χ4v) is 0.997. The molecule has 0 radical (unpaired) electrons. The van der Waals surface area contributed by atoms with E-state index in [0.717, 1.165) is 19.8 Å². The van der Waals surface area contributed by atoms with Crippen molar-refractivity contribution in [2.24, 2.45) is 0 Å². The van der Waals surface area contributed by atoms with Crippen molar-refractivity contribution in [2.75, 3.05) is 19.8 Å². The van der Waals surface area contributed by atoms with Crippen LogP contribution in [-0.4, -0.2) is 25.8 Å². The standard InChI is InChI=1S/C7H15NO/c1-7-6-9-5-3-2-4-8-7/h7-8H,2-6H2,1H3. The second-order valence-corrected chi connectivity index (χ2v) is 2.64. The van der Waals surface area contributed by atoms with Gasteiger partial charge in [-0.05, 0) is 26.3 Å². The minimum Gasteiger partial charge on any atom is -0.380 e. The summed E-state index contributed by atoms with van der Waals surface area (Å²) in [5.41, 5.74) is 0. The third-order valence-electron chi connectivity index (χ3n) is 1.58. The van der Waals surface area contributed by atoms with Crippen molar-refractivity contribution in [1.82, 2.24) is 5.32 Å². The van der Waals surface area contributed by atoms with Crippen molar-refractivity contribution in [3.05, 3.63) is 0 Å². The molecule has 9 heavy (non-hydrogen) atoms. The molecule has 1 saturated heterocycles. The van der Waals surface area contributed by atoms with E-state index in [1.165, 1.54) is 12.8 Å². The summed E-state index contributed by atoms with van der Waals surface area (Å²) in [7, 11) is 0. The van der Waals surface area contributed by atoms with E-state index in [0.29, 0.717) is 6.04 Å². The number of ether oxygens (including phenoxy) is 1. The monoisotopic (exact) mass is 129 g/mol. The molecule has 0 aromatic rings. The van der Waals surface area contributed by atoms with Crippen molar-refractivity contribution >= 4 is 0 Å². The molecule has 2 heteroatoms. The lowest BCUT2D eigenvalue weighted by atomic mass is 10.2. The Labute approximate surface area is 56.6 Å². The van der Waals surface area contributed by atoms with Gasteiger partial charge in [0.25, 0.3) is 0 Å². The van der Waals surface area contributed by atoms with Gasteiger partial charge in [-0.1, -0.05) is 0 Å². The van der Waals surface area contributed by atoms with Crippen LogP contribution in [0.25, 0.3) is 0 Å². The average molecular weight is 129 g/mol. The van der Waals surface area contributed by atoms with Crippen LogP contribution < -0.4 is 5.32 Å². The second kappa shape index (κ2) is 3.85. The molecule has 1 heterocycles. The Morgan fingerprint density at radius 3 is 3.22 bits per heavy atom. The van der Waals surface area contributed by atoms with E-state index >= 15 is 0 Å². The van der Waals surface area contributed by atoms with Gasteiger partial charge in [-0.2, -0.15) is 0 Å². The maximum atomic E-state index is 5.32. The van der Waals surface area contributed by atoms with Gasteiger partial charge in [-0.15, -0.1) is 0 Å². The SMILES string of the molecule is CC1COCCCCN1. The van der Waals surface area contributed by atoms with Gasteiger partial charge >= 0.3 is 0 Å². The number of nitrogens with one attached hydrogen (secondary N) is 1. The first kappa shape index (κ1) is 7.03. The van der Waals surface area contributed by atoms with Crippen LogP contribution >= 0.6 is 0 Å². The van der Waals surface area contributed by atoms with Crippen LogP contribution in [0.5, 0.6) is 0 Å². The molecule has 1 fully saturated rings. The fraction of sp³-hybridized carbons (Fsp3) is 1.00. The topological polar surface area (TPSA) is 21.3 Å². The summed E-state index contributed by atoms with van der Waals surface area (Å²) in [6.07, 6.45) is 2.46. The lowest BCUT2D eigenvalue weighted by Crippen LogP contribution is -2.33. The normalized spacial score (nSPS) is 31.0. The van der Waals surface area contributed by atoms with Gasteiger partial charge in [0.2, 0.25) is 0 Å².